The van der Waals surface area contributed by atoms with Gasteiger partial charge in [-0.1, -0.05) is 30.3 Å². The summed E-state index contributed by atoms with van der Waals surface area (Å²) in [6.07, 6.45) is 3.17. The summed E-state index contributed by atoms with van der Waals surface area (Å²) in [6, 6.07) is 10.5. The molecule has 5 nitrogen and oxygen atoms in total. The molecule has 0 bridgehead atoms. The first kappa shape index (κ1) is 17.9. The van der Waals surface area contributed by atoms with E-state index in [1.807, 2.05) is 39.0 Å². The molecule has 0 aliphatic heterocycles. The number of benzene rings is 1. The average Bonchev–Trinajstić information content (AvgIpc) is 2.52. The fourth-order valence-electron chi connectivity index (χ4n) is 2.26. The van der Waals surface area contributed by atoms with Crippen molar-refractivity contribution < 1.29 is 4.79 Å². The summed E-state index contributed by atoms with van der Waals surface area (Å²) in [7, 11) is 0. The van der Waals surface area contributed by atoms with Crippen molar-refractivity contribution in [3.05, 3.63) is 53.9 Å². The second-order valence-corrected chi connectivity index (χ2v) is 7.18. The molecule has 1 amide bonds. The van der Waals surface area contributed by atoms with Gasteiger partial charge < -0.3 is 10.2 Å². The first-order valence-corrected chi connectivity index (χ1v) is 8.21. The average molecular weight is 326 g/mol. The Hall–Kier alpha value is -2.43. The molecule has 128 valence electrons. The van der Waals surface area contributed by atoms with Gasteiger partial charge in [0.25, 0.3) is 5.91 Å². The molecule has 0 aliphatic rings. The van der Waals surface area contributed by atoms with Gasteiger partial charge in [0.2, 0.25) is 5.95 Å². The number of carbonyl (C=O) groups excluding carboxylic acids is 1. The van der Waals surface area contributed by atoms with E-state index >= 15 is 0 Å². The minimum absolute atomic E-state index is 0.159. The predicted molar refractivity (Wildman–Crippen MR) is 97.0 cm³/mol. The molecule has 2 aromatic rings. The molecule has 0 saturated heterocycles. The van der Waals surface area contributed by atoms with Crippen LogP contribution in [0.15, 0.2) is 42.7 Å². The van der Waals surface area contributed by atoms with E-state index in [0.29, 0.717) is 11.5 Å². The summed E-state index contributed by atoms with van der Waals surface area (Å²) in [5, 5.41) is 2.91. The molecule has 5 heteroatoms. The van der Waals surface area contributed by atoms with E-state index in [-0.39, 0.29) is 17.5 Å². The molecule has 0 saturated carbocycles. The zero-order valence-corrected chi connectivity index (χ0v) is 15.1. The van der Waals surface area contributed by atoms with Crippen molar-refractivity contribution in [2.75, 3.05) is 4.90 Å². The van der Waals surface area contributed by atoms with Crippen LogP contribution in [0.1, 0.15) is 50.5 Å². The highest BCUT2D eigenvalue weighted by atomic mass is 16.1. The molecular formula is C19H26N4O. The summed E-state index contributed by atoms with van der Waals surface area (Å²) in [5.41, 5.74) is 1.38. The summed E-state index contributed by atoms with van der Waals surface area (Å²) in [5.74, 6) is 0.467. The molecule has 0 fully saturated rings. The Kier molecular flexibility index (Phi) is 5.54. The number of anilines is 1. The maximum atomic E-state index is 12.2. The van der Waals surface area contributed by atoms with Gasteiger partial charge in [0.05, 0.1) is 5.56 Å². The van der Waals surface area contributed by atoms with Crippen LogP contribution in [0.3, 0.4) is 0 Å². The van der Waals surface area contributed by atoms with Gasteiger partial charge >= 0.3 is 0 Å². The highest BCUT2D eigenvalue weighted by Crippen LogP contribution is 2.15. The standard InChI is InChI=1S/C19H26N4O/c1-14(2)23(13-15-9-7-6-8-10-15)18-20-11-16(12-21-18)17(24)22-19(3,4)5/h6-12,14H,13H2,1-5H3,(H,22,24). The summed E-state index contributed by atoms with van der Waals surface area (Å²) in [4.78, 5) is 23.1. The third kappa shape index (κ3) is 5.05. The Morgan fingerprint density at radius 2 is 1.71 bits per heavy atom. The second-order valence-electron chi connectivity index (χ2n) is 7.18. The van der Waals surface area contributed by atoms with Crippen molar-refractivity contribution in [3.8, 4) is 0 Å². The zero-order valence-electron chi connectivity index (χ0n) is 15.1. The quantitative estimate of drug-likeness (QED) is 0.914. The number of hydrogen-bond donors (Lipinski definition) is 1. The van der Waals surface area contributed by atoms with E-state index in [4.69, 9.17) is 0 Å². The number of carbonyl (C=O) groups is 1. The van der Waals surface area contributed by atoms with Crippen LogP contribution in [-0.2, 0) is 6.54 Å². The van der Waals surface area contributed by atoms with Crippen LogP contribution in [0.25, 0.3) is 0 Å². The van der Waals surface area contributed by atoms with Gasteiger partial charge in [-0.3, -0.25) is 4.79 Å². The number of aromatic nitrogens is 2. The van der Waals surface area contributed by atoms with Gasteiger partial charge in [-0.15, -0.1) is 0 Å². The number of nitrogens with one attached hydrogen (secondary N) is 1. The topological polar surface area (TPSA) is 58.1 Å². The SMILES string of the molecule is CC(C)N(Cc1ccccc1)c1ncc(C(=O)NC(C)(C)C)cn1. The van der Waals surface area contributed by atoms with Crippen LogP contribution in [0.5, 0.6) is 0 Å². The number of hydrogen-bond acceptors (Lipinski definition) is 4. The summed E-state index contributed by atoms with van der Waals surface area (Å²) >= 11 is 0. The molecule has 24 heavy (non-hydrogen) atoms. The minimum atomic E-state index is -0.285. The Morgan fingerprint density at radius 3 is 2.21 bits per heavy atom. The molecule has 0 aliphatic carbocycles. The molecule has 0 atom stereocenters. The van der Waals surface area contributed by atoms with Crippen molar-refractivity contribution in [1.29, 1.82) is 0 Å². The van der Waals surface area contributed by atoms with Gasteiger partial charge in [0, 0.05) is 30.5 Å². The highest BCUT2D eigenvalue weighted by molar-refractivity contribution is 5.94. The Bertz CT molecular complexity index is 660. The zero-order chi connectivity index (χ0) is 17.7. The Morgan fingerprint density at radius 1 is 1.12 bits per heavy atom. The van der Waals surface area contributed by atoms with Crippen molar-refractivity contribution in [3.63, 3.8) is 0 Å². The molecule has 1 heterocycles. The lowest BCUT2D eigenvalue weighted by molar-refractivity contribution is 0.0919. The van der Waals surface area contributed by atoms with Crippen molar-refractivity contribution >= 4 is 11.9 Å². The fourth-order valence-corrected chi connectivity index (χ4v) is 2.26. The van der Waals surface area contributed by atoms with Gasteiger partial charge in [0.1, 0.15) is 0 Å². The largest absolute Gasteiger partial charge is 0.347 e. The van der Waals surface area contributed by atoms with Crippen LogP contribution >= 0.6 is 0 Å². The third-order valence-electron chi connectivity index (χ3n) is 3.46. The summed E-state index contributed by atoms with van der Waals surface area (Å²) in [6.45, 7) is 10.8. The molecule has 0 spiro atoms. The van der Waals surface area contributed by atoms with Crippen LogP contribution in [0.2, 0.25) is 0 Å². The van der Waals surface area contributed by atoms with E-state index < -0.39 is 0 Å². The molecule has 1 aromatic carbocycles. The summed E-state index contributed by atoms with van der Waals surface area (Å²) < 4.78 is 0. The molecule has 1 N–H and O–H groups in total. The van der Waals surface area contributed by atoms with Gasteiger partial charge in [-0.2, -0.15) is 0 Å². The third-order valence-corrected chi connectivity index (χ3v) is 3.46. The lowest BCUT2D eigenvalue weighted by atomic mass is 10.1. The highest BCUT2D eigenvalue weighted by Gasteiger charge is 2.18. The number of nitrogens with zero attached hydrogens (tertiary/aromatic N) is 3. The molecular weight excluding hydrogens is 300 g/mol. The molecule has 1 aromatic heterocycles. The Balaban J connectivity index is 2.16. The van der Waals surface area contributed by atoms with E-state index in [1.54, 1.807) is 12.4 Å². The smallest absolute Gasteiger partial charge is 0.254 e. The predicted octanol–water partition coefficient (Wildman–Crippen LogP) is 3.42. The van der Waals surface area contributed by atoms with Crippen molar-refractivity contribution in [2.45, 2.75) is 52.7 Å². The maximum absolute atomic E-state index is 12.2. The Labute approximate surface area is 144 Å². The van der Waals surface area contributed by atoms with E-state index in [1.165, 1.54) is 5.56 Å². The van der Waals surface area contributed by atoms with Crippen LogP contribution in [0.4, 0.5) is 5.95 Å². The number of amides is 1. The molecule has 2 rings (SSSR count). The number of rotatable bonds is 5. The maximum Gasteiger partial charge on any atom is 0.254 e. The lowest BCUT2D eigenvalue weighted by Gasteiger charge is -2.27. The fraction of sp³-hybridized carbons (Fsp3) is 0.421. The van der Waals surface area contributed by atoms with E-state index in [2.05, 4.69) is 46.2 Å². The van der Waals surface area contributed by atoms with E-state index in [0.717, 1.165) is 6.54 Å². The van der Waals surface area contributed by atoms with Crippen LogP contribution < -0.4 is 10.2 Å². The minimum Gasteiger partial charge on any atom is -0.347 e. The first-order chi connectivity index (χ1) is 11.3. The van der Waals surface area contributed by atoms with Crippen molar-refractivity contribution in [1.82, 2.24) is 15.3 Å². The molecule has 0 unspecified atom stereocenters. The van der Waals surface area contributed by atoms with Gasteiger partial charge in [-0.25, -0.2) is 9.97 Å². The van der Waals surface area contributed by atoms with Crippen molar-refractivity contribution in [2.24, 2.45) is 0 Å². The van der Waals surface area contributed by atoms with Gasteiger partial charge in [-0.05, 0) is 40.2 Å². The first-order valence-electron chi connectivity index (χ1n) is 8.21. The normalized spacial score (nSPS) is 11.4. The van der Waals surface area contributed by atoms with Crippen LogP contribution in [0, 0.1) is 0 Å². The monoisotopic (exact) mass is 326 g/mol. The van der Waals surface area contributed by atoms with E-state index in [9.17, 15) is 4.79 Å². The second kappa shape index (κ2) is 7.43. The van der Waals surface area contributed by atoms with Crippen LogP contribution in [-0.4, -0.2) is 27.5 Å². The molecule has 0 radical (unpaired) electrons. The lowest BCUT2D eigenvalue weighted by Crippen LogP contribution is -2.40. The van der Waals surface area contributed by atoms with Gasteiger partial charge in [0.15, 0.2) is 0 Å².